The fourth-order valence-corrected chi connectivity index (χ4v) is 4.82. The zero-order valence-electron chi connectivity index (χ0n) is 17.9. The van der Waals surface area contributed by atoms with E-state index in [9.17, 15) is 21.6 Å². The lowest BCUT2D eigenvalue weighted by atomic mass is 9.97. The van der Waals surface area contributed by atoms with Gasteiger partial charge in [0.15, 0.2) is 5.96 Å². The van der Waals surface area contributed by atoms with Crippen LogP contribution in [0.3, 0.4) is 0 Å². The minimum atomic E-state index is -5.24. The summed E-state index contributed by atoms with van der Waals surface area (Å²) >= 11 is 0. The molecule has 0 amide bonds. The van der Waals surface area contributed by atoms with Crippen LogP contribution in [-0.2, 0) is 10.0 Å². The lowest BCUT2D eigenvalue weighted by Crippen LogP contribution is -2.51. The predicted molar refractivity (Wildman–Crippen MR) is 124 cm³/mol. The third kappa shape index (κ3) is 7.66. The molecule has 2 saturated heterocycles. The molecule has 0 spiro atoms. The second kappa shape index (κ2) is 12.0. The molecule has 0 aliphatic carbocycles. The van der Waals surface area contributed by atoms with Gasteiger partial charge in [-0.05, 0) is 58.9 Å². The number of halogens is 4. The smallest absolute Gasteiger partial charge is 0.357 e. The molecule has 0 aromatic carbocycles. The van der Waals surface area contributed by atoms with E-state index < -0.39 is 15.5 Å². The number of hydrogen-bond donors (Lipinski definition) is 2. The molecule has 2 rings (SSSR count). The standard InChI is InChI=1S/C18H34F3N5O2S.HI/c1-4-22-17(23-12-15-6-5-9-25(13-15)14(2)3)24-16-7-10-26(11-8-16)29(27,28)18(19,20)21;/h14-16H,4-13H2,1-3H3,(H2,22,23,24);1H. The Hall–Kier alpha value is -0.340. The van der Waals surface area contributed by atoms with E-state index in [1.165, 1.54) is 0 Å². The molecule has 30 heavy (non-hydrogen) atoms. The minimum Gasteiger partial charge on any atom is -0.357 e. The number of piperidine rings is 2. The maximum Gasteiger partial charge on any atom is 0.511 e. The van der Waals surface area contributed by atoms with Crippen LogP contribution < -0.4 is 10.6 Å². The Morgan fingerprint density at radius 1 is 1.17 bits per heavy atom. The summed E-state index contributed by atoms with van der Waals surface area (Å²) in [5.74, 6) is 1.13. The van der Waals surface area contributed by atoms with Gasteiger partial charge in [-0.1, -0.05) is 0 Å². The van der Waals surface area contributed by atoms with Crippen LogP contribution in [0.1, 0.15) is 46.5 Å². The summed E-state index contributed by atoms with van der Waals surface area (Å²) in [7, 11) is -5.24. The van der Waals surface area contributed by atoms with Gasteiger partial charge >= 0.3 is 15.5 Å². The van der Waals surface area contributed by atoms with E-state index >= 15 is 0 Å². The van der Waals surface area contributed by atoms with E-state index in [4.69, 9.17) is 0 Å². The van der Waals surface area contributed by atoms with Crippen LogP contribution in [0.25, 0.3) is 0 Å². The maximum atomic E-state index is 12.7. The highest BCUT2D eigenvalue weighted by Gasteiger charge is 2.50. The highest BCUT2D eigenvalue weighted by atomic mass is 127. The number of aliphatic imine (C=N–C) groups is 1. The average molecular weight is 569 g/mol. The summed E-state index contributed by atoms with van der Waals surface area (Å²) in [6, 6.07) is 0.414. The van der Waals surface area contributed by atoms with Crippen molar-refractivity contribution in [1.82, 2.24) is 19.8 Å². The van der Waals surface area contributed by atoms with Crippen molar-refractivity contribution in [3.63, 3.8) is 0 Å². The van der Waals surface area contributed by atoms with Gasteiger partial charge in [0.2, 0.25) is 0 Å². The number of guanidine groups is 1. The molecular weight excluding hydrogens is 534 g/mol. The molecule has 0 bridgehead atoms. The van der Waals surface area contributed by atoms with Gasteiger partial charge in [-0.3, -0.25) is 4.99 Å². The molecule has 2 heterocycles. The Morgan fingerprint density at radius 3 is 2.33 bits per heavy atom. The van der Waals surface area contributed by atoms with Gasteiger partial charge in [-0.15, -0.1) is 24.0 Å². The van der Waals surface area contributed by atoms with Gasteiger partial charge in [0.1, 0.15) is 0 Å². The van der Waals surface area contributed by atoms with E-state index in [-0.39, 0.29) is 43.1 Å². The van der Waals surface area contributed by atoms with Gasteiger partial charge in [0, 0.05) is 44.8 Å². The van der Waals surface area contributed by atoms with Crippen LogP contribution in [0.2, 0.25) is 0 Å². The number of sulfonamides is 1. The molecule has 178 valence electrons. The number of hydrogen-bond acceptors (Lipinski definition) is 4. The van der Waals surface area contributed by atoms with E-state index in [1.807, 2.05) is 6.92 Å². The van der Waals surface area contributed by atoms with Crippen molar-refractivity contribution < 1.29 is 21.6 Å². The van der Waals surface area contributed by atoms with E-state index in [0.29, 0.717) is 48.2 Å². The topological polar surface area (TPSA) is 77.0 Å². The molecule has 0 aromatic heterocycles. The van der Waals surface area contributed by atoms with Crippen molar-refractivity contribution in [2.45, 2.75) is 64.0 Å². The summed E-state index contributed by atoms with van der Waals surface area (Å²) in [4.78, 5) is 7.15. The van der Waals surface area contributed by atoms with Gasteiger partial charge in [0.05, 0.1) is 0 Å². The first-order valence-corrected chi connectivity index (χ1v) is 11.8. The first kappa shape index (κ1) is 27.7. The van der Waals surface area contributed by atoms with Crippen molar-refractivity contribution in [2.75, 3.05) is 39.3 Å². The Kier molecular flexibility index (Phi) is 11.1. The molecule has 0 aromatic rings. The summed E-state index contributed by atoms with van der Waals surface area (Å²) in [5, 5.41) is 6.45. The highest BCUT2D eigenvalue weighted by molar-refractivity contribution is 14.0. The van der Waals surface area contributed by atoms with Gasteiger partial charge < -0.3 is 15.5 Å². The number of likely N-dealkylation sites (tertiary alicyclic amines) is 1. The van der Waals surface area contributed by atoms with E-state index in [0.717, 1.165) is 25.9 Å². The largest absolute Gasteiger partial charge is 0.511 e. The van der Waals surface area contributed by atoms with Gasteiger partial charge in [0.25, 0.3) is 0 Å². The van der Waals surface area contributed by atoms with Crippen molar-refractivity contribution in [2.24, 2.45) is 10.9 Å². The molecule has 2 N–H and O–H groups in total. The molecular formula is C18H35F3IN5O2S. The van der Waals surface area contributed by atoms with Gasteiger partial charge in [-0.2, -0.15) is 17.5 Å². The minimum absolute atomic E-state index is 0. The molecule has 1 atom stereocenters. The zero-order chi connectivity index (χ0) is 21.7. The molecule has 0 radical (unpaired) electrons. The van der Waals surface area contributed by atoms with Crippen molar-refractivity contribution in [1.29, 1.82) is 0 Å². The first-order chi connectivity index (χ1) is 13.5. The van der Waals surface area contributed by atoms with Crippen LogP contribution in [0.15, 0.2) is 4.99 Å². The second-order valence-corrected chi connectivity index (χ2v) is 10.0. The fraction of sp³-hybridized carbons (Fsp3) is 0.944. The van der Waals surface area contributed by atoms with Crippen LogP contribution in [-0.4, -0.2) is 80.4 Å². The number of nitrogens with one attached hydrogen (secondary N) is 2. The molecule has 0 saturated carbocycles. The molecule has 7 nitrogen and oxygen atoms in total. The highest BCUT2D eigenvalue weighted by Crippen LogP contribution is 2.29. The van der Waals surface area contributed by atoms with Crippen molar-refractivity contribution in [3.05, 3.63) is 0 Å². The average Bonchev–Trinajstić information content (AvgIpc) is 2.66. The summed E-state index contributed by atoms with van der Waals surface area (Å²) in [6.45, 7) is 9.57. The van der Waals surface area contributed by atoms with Crippen molar-refractivity contribution >= 4 is 40.0 Å². The Morgan fingerprint density at radius 2 is 1.80 bits per heavy atom. The van der Waals surface area contributed by atoms with Gasteiger partial charge in [-0.25, -0.2) is 8.42 Å². The summed E-state index contributed by atoms with van der Waals surface area (Å²) in [6.07, 6.45) is 2.92. The second-order valence-electron chi connectivity index (χ2n) is 8.09. The zero-order valence-corrected chi connectivity index (χ0v) is 21.1. The van der Waals surface area contributed by atoms with Crippen LogP contribution in [0.4, 0.5) is 13.2 Å². The molecule has 2 aliphatic rings. The van der Waals surface area contributed by atoms with Crippen LogP contribution >= 0.6 is 24.0 Å². The molecule has 2 aliphatic heterocycles. The SMILES string of the molecule is CCNC(=NCC1CCCN(C(C)C)C1)NC1CCN(S(=O)(=O)C(F)(F)F)CC1.I. The normalized spacial score (nSPS) is 23.3. The Bertz CT molecular complexity index is 653. The molecule has 1 unspecified atom stereocenters. The number of nitrogens with zero attached hydrogens (tertiary/aromatic N) is 3. The summed E-state index contributed by atoms with van der Waals surface area (Å²) < 4.78 is 61.7. The predicted octanol–water partition coefficient (Wildman–Crippen LogP) is 2.59. The third-order valence-corrected chi connectivity index (χ3v) is 7.19. The fourth-order valence-electron chi connectivity index (χ4n) is 3.84. The van der Waals surface area contributed by atoms with E-state index in [1.54, 1.807) is 0 Å². The quantitative estimate of drug-likeness (QED) is 0.292. The third-order valence-electron chi connectivity index (χ3n) is 5.56. The molecule has 2 fully saturated rings. The Balaban J connectivity index is 0.00000450. The Labute approximate surface area is 195 Å². The van der Waals surface area contributed by atoms with Crippen LogP contribution in [0.5, 0.6) is 0 Å². The number of alkyl halides is 3. The first-order valence-electron chi connectivity index (χ1n) is 10.4. The van der Waals surface area contributed by atoms with E-state index in [2.05, 4.69) is 34.4 Å². The molecule has 12 heteroatoms. The van der Waals surface area contributed by atoms with Crippen molar-refractivity contribution in [3.8, 4) is 0 Å². The maximum absolute atomic E-state index is 12.7. The lowest BCUT2D eigenvalue weighted by molar-refractivity contribution is -0.0494. The van der Waals surface area contributed by atoms with Crippen LogP contribution in [0, 0.1) is 5.92 Å². The number of rotatable bonds is 6. The summed E-state index contributed by atoms with van der Waals surface area (Å²) in [5.41, 5.74) is -5.24. The monoisotopic (exact) mass is 569 g/mol. The lowest BCUT2D eigenvalue weighted by Gasteiger charge is -2.35.